The number of hydrogen-bond acceptors (Lipinski definition) is 5. The number of piperazine rings is 1. The molecule has 2 aliphatic rings. The van der Waals surface area contributed by atoms with Gasteiger partial charge in [-0.3, -0.25) is 9.59 Å². The minimum Gasteiger partial charge on any atom is -0.345 e. The van der Waals surface area contributed by atoms with Crippen LogP contribution in [0.15, 0.2) is 24.3 Å². The van der Waals surface area contributed by atoms with Crippen LogP contribution in [-0.4, -0.2) is 47.9 Å². The molecule has 1 aromatic carbocycles. The Bertz CT molecular complexity index is 930. The van der Waals surface area contributed by atoms with Crippen LogP contribution in [0, 0.1) is 5.92 Å². The van der Waals surface area contributed by atoms with E-state index in [2.05, 4.69) is 36.2 Å². The topological polar surface area (TPSA) is 65.5 Å². The second kappa shape index (κ2) is 9.39. The molecule has 1 aliphatic carbocycles. The molecule has 1 aliphatic heterocycles. The first-order valence-corrected chi connectivity index (χ1v) is 12.2. The van der Waals surface area contributed by atoms with Crippen LogP contribution in [0.1, 0.15) is 55.7 Å². The Hall–Kier alpha value is -2.41. The molecule has 1 saturated heterocycles. The molecular weight excluding hydrogens is 408 g/mol. The molecule has 2 aromatic rings. The molecular formula is C24H32N4O2S. The predicted octanol–water partition coefficient (Wildman–Crippen LogP) is 4.07. The maximum atomic E-state index is 12.9. The fourth-order valence-electron chi connectivity index (χ4n) is 4.29. The van der Waals surface area contributed by atoms with Gasteiger partial charge in [-0.2, -0.15) is 0 Å². The number of carbonyl (C=O) groups is 2. The summed E-state index contributed by atoms with van der Waals surface area (Å²) in [5.41, 5.74) is 3.29. The SMILES string of the molecule is CCC(=O)N1CCN(c2nc3c(s2)C[C@@H](C(=O)Nc2ccc(C(C)C)cc2)CC3)CC1. The van der Waals surface area contributed by atoms with E-state index in [0.717, 1.165) is 62.0 Å². The lowest BCUT2D eigenvalue weighted by molar-refractivity contribution is -0.131. The van der Waals surface area contributed by atoms with Crippen LogP contribution >= 0.6 is 11.3 Å². The Morgan fingerprint density at radius 1 is 1.16 bits per heavy atom. The number of nitrogens with one attached hydrogen (secondary N) is 1. The van der Waals surface area contributed by atoms with Gasteiger partial charge in [0, 0.05) is 49.1 Å². The van der Waals surface area contributed by atoms with Gasteiger partial charge in [-0.1, -0.05) is 32.9 Å². The van der Waals surface area contributed by atoms with E-state index in [4.69, 9.17) is 4.98 Å². The van der Waals surface area contributed by atoms with Gasteiger partial charge in [-0.25, -0.2) is 4.98 Å². The minimum atomic E-state index is -0.00963. The van der Waals surface area contributed by atoms with E-state index in [9.17, 15) is 9.59 Å². The predicted molar refractivity (Wildman–Crippen MR) is 126 cm³/mol. The summed E-state index contributed by atoms with van der Waals surface area (Å²) in [7, 11) is 0. The second-order valence-electron chi connectivity index (χ2n) is 8.79. The first kappa shape index (κ1) is 21.8. The number of thiazole rings is 1. The van der Waals surface area contributed by atoms with Crippen molar-refractivity contribution in [3.05, 3.63) is 40.4 Å². The van der Waals surface area contributed by atoms with Gasteiger partial charge in [0.05, 0.1) is 5.69 Å². The summed E-state index contributed by atoms with van der Waals surface area (Å²) in [4.78, 5) is 35.1. The van der Waals surface area contributed by atoms with E-state index >= 15 is 0 Å². The van der Waals surface area contributed by atoms with E-state index in [-0.39, 0.29) is 17.7 Å². The lowest BCUT2D eigenvalue weighted by Gasteiger charge is -2.34. The number of rotatable bonds is 5. The third-order valence-corrected chi connectivity index (χ3v) is 7.53. The van der Waals surface area contributed by atoms with Crippen LogP contribution in [0.5, 0.6) is 0 Å². The first-order valence-electron chi connectivity index (χ1n) is 11.4. The van der Waals surface area contributed by atoms with Gasteiger partial charge in [0.15, 0.2) is 5.13 Å². The maximum absolute atomic E-state index is 12.9. The summed E-state index contributed by atoms with van der Waals surface area (Å²) >= 11 is 1.72. The third kappa shape index (κ3) is 4.92. The number of amides is 2. The molecule has 2 heterocycles. The van der Waals surface area contributed by atoms with E-state index in [1.165, 1.54) is 10.4 Å². The number of fused-ring (bicyclic) bond motifs is 1. The largest absolute Gasteiger partial charge is 0.345 e. The highest BCUT2D eigenvalue weighted by atomic mass is 32.1. The van der Waals surface area contributed by atoms with E-state index in [0.29, 0.717) is 12.3 Å². The molecule has 4 rings (SSSR count). The molecule has 1 atom stereocenters. The number of hydrogen-bond donors (Lipinski definition) is 1. The highest BCUT2D eigenvalue weighted by Crippen LogP contribution is 2.35. The summed E-state index contributed by atoms with van der Waals surface area (Å²) in [6, 6.07) is 8.16. The van der Waals surface area contributed by atoms with Crippen LogP contribution in [0.2, 0.25) is 0 Å². The van der Waals surface area contributed by atoms with Gasteiger partial charge in [-0.15, -0.1) is 11.3 Å². The van der Waals surface area contributed by atoms with Gasteiger partial charge >= 0.3 is 0 Å². The summed E-state index contributed by atoms with van der Waals surface area (Å²) in [5, 5.41) is 4.14. The molecule has 1 aromatic heterocycles. The Kier molecular flexibility index (Phi) is 6.60. The van der Waals surface area contributed by atoms with Crippen LogP contribution < -0.4 is 10.2 Å². The molecule has 0 radical (unpaired) electrons. The lowest BCUT2D eigenvalue weighted by atomic mass is 9.90. The van der Waals surface area contributed by atoms with Crippen molar-refractivity contribution >= 4 is 34.0 Å². The quantitative estimate of drug-likeness (QED) is 0.761. The molecule has 1 N–H and O–H groups in total. The minimum absolute atomic E-state index is 0.00963. The van der Waals surface area contributed by atoms with Gasteiger partial charge in [0.2, 0.25) is 11.8 Å². The average molecular weight is 441 g/mol. The number of nitrogens with zero attached hydrogens (tertiary/aromatic N) is 3. The van der Waals surface area contributed by atoms with Crippen LogP contribution in [0.4, 0.5) is 10.8 Å². The van der Waals surface area contributed by atoms with Crippen molar-refractivity contribution in [2.75, 3.05) is 36.4 Å². The highest BCUT2D eigenvalue weighted by Gasteiger charge is 2.29. The molecule has 6 nitrogen and oxygen atoms in total. The normalized spacial score (nSPS) is 18.8. The summed E-state index contributed by atoms with van der Waals surface area (Å²) in [6.07, 6.45) is 3.02. The number of anilines is 2. The molecule has 0 bridgehead atoms. The van der Waals surface area contributed by atoms with E-state index in [1.807, 2.05) is 24.0 Å². The molecule has 166 valence electrons. The fraction of sp³-hybridized carbons (Fsp3) is 0.542. The van der Waals surface area contributed by atoms with Crippen LogP contribution in [0.3, 0.4) is 0 Å². The zero-order valence-electron chi connectivity index (χ0n) is 18.7. The van der Waals surface area contributed by atoms with Crippen LogP contribution in [-0.2, 0) is 22.4 Å². The van der Waals surface area contributed by atoms with Crippen molar-refractivity contribution in [1.29, 1.82) is 0 Å². The molecule has 7 heteroatoms. The maximum Gasteiger partial charge on any atom is 0.227 e. The molecule has 2 amide bonds. The van der Waals surface area contributed by atoms with Crippen molar-refractivity contribution in [2.45, 2.75) is 52.4 Å². The smallest absolute Gasteiger partial charge is 0.227 e. The van der Waals surface area contributed by atoms with Crippen molar-refractivity contribution < 1.29 is 9.59 Å². The molecule has 0 saturated carbocycles. The first-order chi connectivity index (χ1) is 14.9. The molecule has 1 fully saturated rings. The Balaban J connectivity index is 1.35. The standard InChI is InChI=1S/C24H32N4O2S/c1-4-22(29)27-11-13-28(14-12-27)24-26-20-10-7-18(15-21(20)31-24)23(30)25-19-8-5-17(6-9-19)16(2)3/h5-6,8-9,16,18H,4,7,10-15H2,1-3H3,(H,25,30)/t18-/m0/s1. The lowest BCUT2D eigenvalue weighted by Crippen LogP contribution is -2.48. The van der Waals surface area contributed by atoms with Crippen molar-refractivity contribution in [3.8, 4) is 0 Å². The summed E-state index contributed by atoms with van der Waals surface area (Å²) in [6.45, 7) is 9.43. The highest BCUT2D eigenvalue weighted by molar-refractivity contribution is 7.15. The summed E-state index contributed by atoms with van der Waals surface area (Å²) < 4.78 is 0. The Labute approximate surface area is 188 Å². The Morgan fingerprint density at radius 3 is 2.52 bits per heavy atom. The fourth-order valence-corrected chi connectivity index (χ4v) is 5.52. The summed E-state index contributed by atoms with van der Waals surface area (Å²) in [5.74, 6) is 0.803. The zero-order chi connectivity index (χ0) is 22.0. The van der Waals surface area contributed by atoms with Crippen molar-refractivity contribution in [2.24, 2.45) is 5.92 Å². The molecule has 0 spiro atoms. The van der Waals surface area contributed by atoms with Crippen LogP contribution in [0.25, 0.3) is 0 Å². The van der Waals surface area contributed by atoms with Gasteiger partial charge < -0.3 is 15.1 Å². The zero-order valence-corrected chi connectivity index (χ0v) is 19.5. The monoisotopic (exact) mass is 440 g/mol. The van der Waals surface area contributed by atoms with Crippen molar-refractivity contribution in [1.82, 2.24) is 9.88 Å². The third-order valence-electron chi connectivity index (χ3n) is 6.35. The number of benzene rings is 1. The van der Waals surface area contributed by atoms with E-state index in [1.54, 1.807) is 11.3 Å². The van der Waals surface area contributed by atoms with Gasteiger partial charge in [0.1, 0.15) is 0 Å². The average Bonchev–Trinajstić information content (AvgIpc) is 3.22. The molecule has 0 unspecified atom stereocenters. The van der Waals surface area contributed by atoms with E-state index < -0.39 is 0 Å². The number of aromatic nitrogens is 1. The second-order valence-corrected chi connectivity index (χ2v) is 9.86. The number of carbonyl (C=O) groups excluding carboxylic acids is 2. The number of aryl methyl sites for hydroxylation is 1. The molecule has 31 heavy (non-hydrogen) atoms. The Morgan fingerprint density at radius 2 is 1.87 bits per heavy atom. The van der Waals surface area contributed by atoms with Crippen molar-refractivity contribution in [3.63, 3.8) is 0 Å². The van der Waals surface area contributed by atoms with Gasteiger partial charge in [0.25, 0.3) is 0 Å². The van der Waals surface area contributed by atoms with Gasteiger partial charge in [-0.05, 0) is 42.9 Å².